The van der Waals surface area contributed by atoms with E-state index in [0.29, 0.717) is 71.1 Å². The fraction of sp³-hybridized carbons (Fsp3) is 0.429. The maximum atomic E-state index is 15.1. The number of halogens is 8. The van der Waals surface area contributed by atoms with Gasteiger partial charge in [0.25, 0.3) is 22.2 Å². The van der Waals surface area contributed by atoms with Gasteiger partial charge in [0.1, 0.15) is 23.7 Å². The topological polar surface area (TPSA) is 217 Å². The van der Waals surface area contributed by atoms with Crippen LogP contribution in [0.4, 0.5) is 67.5 Å². The van der Waals surface area contributed by atoms with Crippen molar-refractivity contribution >= 4 is 56.9 Å². The number of anilines is 4. The third-order valence-corrected chi connectivity index (χ3v) is 12.2. The lowest BCUT2D eigenvalue weighted by molar-refractivity contribution is -0.138. The van der Waals surface area contributed by atoms with Gasteiger partial charge in [0, 0.05) is 67.8 Å². The molecular formula is C42H46F8N14O6. The number of amides is 4. The number of nitrogens with one attached hydrogen (secondary N) is 4. The van der Waals surface area contributed by atoms with Crippen LogP contribution in [0.3, 0.4) is 0 Å². The molecule has 0 unspecified atom stereocenters. The molecule has 6 aromatic rings. The average molecular weight is 995 g/mol. The van der Waals surface area contributed by atoms with Gasteiger partial charge in [0.2, 0.25) is 0 Å². The summed E-state index contributed by atoms with van der Waals surface area (Å²) in [5, 5.41) is 10.7. The van der Waals surface area contributed by atoms with E-state index in [1.807, 2.05) is 0 Å². The summed E-state index contributed by atoms with van der Waals surface area (Å²) < 4.78 is 113. The molecule has 4 atom stereocenters. The summed E-state index contributed by atoms with van der Waals surface area (Å²) in [5.74, 6) is 0. The number of aromatic amines is 2. The van der Waals surface area contributed by atoms with Crippen molar-refractivity contribution in [3.8, 4) is 0 Å². The molecular weight excluding hydrogens is 949 g/mol. The molecule has 376 valence electrons. The van der Waals surface area contributed by atoms with E-state index in [-0.39, 0.29) is 37.0 Å². The van der Waals surface area contributed by atoms with Gasteiger partial charge in [0.15, 0.2) is 11.3 Å². The lowest BCUT2D eigenvalue weighted by Crippen LogP contribution is -2.54. The Kier molecular flexibility index (Phi) is 13.6. The van der Waals surface area contributed by atoms with Crippen LogP contribution in [0.25, 0.3) is 22.1 Å². The number of piperidine rings is 2. The van der Waals surface area contributed by atoms with Gasteiger partial charge < -0.3 is 39.4 Å². The fourth-order valence-corrected chi connectivity index (χ4v) is 8.29. The maximum absolute atomic E-state index is 15.1. The van der Waals surface area contributed by atoms with Crippen LogP contribution in [-0.2, 0) is 40.5 Å². The van der Waals surface area contributed by atoms with Crippen LogP contribution in [0.1, 0.15) is 24.0 Å². The largest absolute Gasteiger partial charge is 0.417 e. The molecule has 8 heterocycles. The standard InChI is InChI=1S/2C21H23F4N7O3/c2*1-29-9-11(21(23,24)25)6-15(19(29)34)27-20(35)30(2)16-4-5-32(10-14(16)22)12-7-13-17(26-8-12)28-31(3)18(13)33/h2*6-9,14,16H,4-5,10H2,1-3H3,(H,26,28)(H,27,35)/t2*14-,16+/m10/s1. The Labute approximate surface area is 389 Å². The molecule has 0 spiro atoms. The van der Waals surface area contributed by atoms with Crippen molar-refractivity contribution in [2.45, 2.75) is 49.6 Å². The summed E-state index contributed by atoms with van der Waals surface area (Å²) in [4.78, 5) is 88.0. The molecule has 0 aromatic carbocycles. The van der Waals surface area contributed by atoms with Crippen molar-refractivity contribution in [2.24, 2.45) is 28.2 Å². The molecule has 0 aliphatic carbocycles. The molecule has 0 radical (unpaired) electrons. The molecule has 4 amide bonds. The lowest BCUT2D eigenvalue weighted by Gasteiger charge is -2.39. The molecule has 6 aromatic heterocycles. The number of alkyl halides is 8. The number of hydrogen-bond donors (Lipinski definition) is 4. The number of urea groups is 2. The number of carbonyl (C=O) groups excluding carboxylic acids is 2. The highest BCUT2D eigenvalue weighted by atomic mass is 19.4. The van der Waals surface area contributed by atoms with Gasteiger partial charge >= 0.3 is 24.4 Å². The summed E-state index contributed by atoms with van der Waals surface area (Å²) >= 11 is 0. The smallest absolute Gasteiger partial charge is 0.367 e. The first-order valence-corrected chi connectivity index (χ1v) is 21.2. The van der Waals surface area contributed by atoms with Crippen LogP contribution < -0.4 is 42.7 Å². The summed E-state index contributed by atoms with van der Waals surface area (Å²) in [6.07, 6.45) is -7.73. The quantitative estimate of drug-likeness (QED) is 0.175. The van der Waals surface area contributed by atoms with Crippen LogP contribution in [-0.4, -0.2) is 125 Å². The fourth-order valence-electron chi connectivity index (χ4n) is 8.29. The predicted octanol–water partition coefficient (Wildman–Crippen LogP) is 4.12. The van der Waals surface area contributed by atoms with E-state index in [9.17, 15) is 55.1 Å². The predicted molar refractivity (Wildman–Crippen MR) is 241 cm³/mol. The van der Waals surface area contributed by atoms with Crippen LogP contribution in [0.15, 0.2) is 68.2 Å². The number of rotatable bonds is 6. The summed E-state index contributed by atoms with van der Waals surface area (Å²) in [6.45, 7) is 0.495. The van der Waals surface area contributed by atoms with Crippen molar-refractivity contribution in [1.29, 1.82) is 0 Å². The Morgan fingerprint density at radius 3 is 1.30 bits per heavy atom. The average Bonchev–Trinajstić information content (AvgIpc) is 3.75. The van der Waals surface area contributed by atoms with Crippen molar-refractivity contribution in [2.75, 3.05) is 60.7 Å². The van der Waals surface area contributed by atoms with Crippen molar-refractivity contribution in [1.82, 2.24) is 48.5 Å². The molecule has 4 N–H and O–H groups in total. The van der Waals surface area contributed by atoms with E-state index in [0.717, 1.165) is 33.0 Å². The highest BCUT2D eigenvalue weighted by Crippen LogP contribution is 2.32. The summed E-state index contributed by atoms with van der Waals surface area (Å²) in [6, 6.07) is 0.788. The zero-order valence-electron chi connectivity index (χ0n) is 38.1. The second-order valence-corrected chi connectivity index (χ2v) is 17.0. The minimum atomic E-state index is -4.71. The van der Waals surface area contributed by atoms with E-state index >= 15 is 8.78 Å². The molecule has 20 nitrogen and oxygen atoms in total. The van der Waals surface area contributed by atoms with Gasteiger partial charge in [-0.15, -0.1) is 0 Å². The minimum Gasteiger partial charge on any atom is -0.367 e. The third kappa shape index (κ3) is 10.2. The summed E-state index contributed by atoms with van der Waals surface area (Å²) in [7, 11) is 8.03. The SMILES string of the molecule is CN(C(=O)Nc1cc(C(F)(F)F)cn(C)c1=O)[C@@H]1CCN(c2cnc3[nH]n(C)c(=O)c3c2)C[C@@H]1F.CN(C(=O)Nc1cc(C(F)(F)F)cn(C)c1=O)[C@H]1CCN(c2cnc3[nH]n(C)c(=O)c3c2)C[C@H]1F. The molecule has 2 aliphatic heterocycles. The van der Waals surface area contributed by atoms with E-state index in [2.05, 4.69) is 30.8 Å². The Balaban J connectivity index is 0.000000206. The number of carbonyl (C=O) groups is 2. The van der Waals surface area contributed by atoms with E-state index in [1.165, 1.54) is 35.9 Å². The Hall–Kier alpha value is -7.68. The Morgan fingerprint density at radius 2 is 0.971 bits per heavy atom. The first kappa shape index (κ1) is 50.2. The highest BCUT2D eigenvalue weighted by molar-refractivity contribution is 5.90. The number of pyridine rings is 4. The first-order chi connectivity index (χ1) is 32.7. The second kappa shape index (κ2) is 19.0. The molecule has 2 fully saturated rings. The Bertz CT molecular complexity index is 3000. The van der Waals surface area contributed by atoms with Crippen molar-refractivity contribution in [3.05, 3.63) is 102 Å². The maximum Gasteiger partial charge on any atom is 0.417 e. The van der Waals surface area contributed by atoms with E-state index in [4.69, 9.17) is 0 Å². The van der Waals surface area contributed by atoms with Gasteiger partial charge in [-0.05, 0) is 37.1 Å². The van der Waals surface area contributed by atoms with Gasteiger partial charge in [-0.3, -0.25) is 38.7 Å². The molecule has 8 rings (SSSR count). The van der Waals surface area contributed by atoms with Gasteiger partial charge in [0.05, 0.1) is 70.8 Å². The number of nitrogens with zero attached hydrogens (tertiary/aromatic N) is 10. The molecule has 0 saturated carbocycles. The van der Waals surface area contributed by atoms with Gasteiger partial charge in [-0.1, -0.05) is 0 Å². The van der Waals surface area contributed by atoms with Crippen LogP contribution in [0.2, 0.25) is 0 Å². The molecule has 0 bridgehead atoms. The number of hydrogen-bond acceptors (Lipinski definition) is 10. The summed E-state index contributed by atoms with van der Waals surface area (Å²) in [5.41, 5.74) is -3.58. The number of aryl methyl sites for hydroxylation is 4. The second-order valence-electron chi connectivity index (χ2n) is 17.0. The molecule has 2 saturated heterocycles. The van der Waals surface area contributed by atoms with Crippen LogP contribution in [0.5, 0.6) is 0 Å². The monoisotopic (exact) mass is 994 g/mol. The minimum absolute atomic E-state index is 0.0917. The lowest BCUT2D eigenvalue weighted by atomic mass is 10.0. The van der Waals surface area contributed by atoms with Gasteiger partial charge in [-0.25, -0.2) is 28.3 Å². The molecule has 28 heteroatoms. The zero-order chi connectivity index (χ0) is 51.3. The molecule has 70 heavy (non-hydrogen) atoms. The normalized spacial score (nSPS) is 18.7. The molecule has 2 aliphatic rings. The van der Waals surface area contributed by atoms with E-state index < -0.39 is 82.5 Å². The first-order valence-electron chi connectivity index (χ1n) is 21.2. The number of fused-ring (bicyclic) bond motifs is 2. The third-order valence-electron chi connectivity index (χ3n) is 12.2. The Morgan fingerprint density at radius 1 is 0.614 bits per heavy atom. The number of H-pyrrole nitrogens is 2. The van der Waals surface area contributed by atoms with Crippen LogP contribution >= 0.6 is 0 Å². The van der Waals surface area contributed by atoms with Crippen LogP contribution in [0, 0.1) is 0 Å². The number of aromatic nitrogens is 8. The van der Waals surface area contributed by atoms with Crippen molar-refractivity contribution in [3.63, 3.8) is 0 Å². The zero-order valence-corrected chi connectivity index (χ0v) is 38.1. The van der Waals surface area contributed by atoms with Crippen molar-refractivity contribution < 1.29 is 44.7 Å². The van der Waals surface area contributed by atoms with E-state index in [1.54, 1.807) is 36.0 Å². The highest BCUT2D eigenvalue weighted by Gasteiger charge is 2.38. The van der Waals surface area contributed by atoms with Gasteiger partial charge in [-0.2, -0.15) is 26.3 Å².